The fraction of sp³-hybridized carbons (Fsp3) is 0.650. The number of carbonyl (C=O) groups is 1. The van der Waals surface area contributed by atoms with Crippen molar-refractivity contribution >= 4 is 5.91 Å². The smallest absolute Gasteiger partial charge is 0.241 e. The van der Waals surface area contributed by atoms with Gasteiger partial charge >= 0.3 is 0 Å². The van der Waals surface area contributed by atoms with Crippen LogP contribution in [0.5, 0.6) is 5.75 Å². The molecule has 1 aliphatic carbocycles. The molecule has 5 nitrogen and oxygen atoms in total. The SMILES string of the molecule is COc1ccc(C)cc1C(C)NC(=O)C1(N)C2CCCOC2C1(C)C. The molecule has 2 aliphatic rings. The highest BCUT2D eigenvalue weighted by atomic mass is 16.5. The summed E-state index contributed by atoms with van der Waals surface area (Å²) in [6.45, 7) is 8.84. The van der Waals surface area contributed by atoms with Gasteiger partial charge in [-0.1, -0.05) is 31.5 Å². The number of hydrogen-bond donors (Lipinski definition) is 2. The van der Waals surface area contributed by atoms with E-state index in [0.29, 0.717) is 0 Å². The number of aryl methyl sites for hydroxylation is 1. The predicted molar refractivity (Wildman–Crippen MR) is 97.5 cm³/mol. The van der Waals surface area contributed by atoms with Gasteiger partial charge in [0.1, 0.15) is 11.3 Å². The van der Waals surface area contributed by atoms with Crippen LogP contribution >= 0.6 is 0 Å². The molecule has 4 unspecified atom stereocenters. The lowest BCUT2D eigenvalue weighted by Crippen LogP contribution is -2.82. The second-order valence-corrected chi connectivity index (χ2v) is 8.07. The van der Waals surface area contributed by atoms with E-state index in [9.17, 15) is 4.79 Å². The first-order chi connectivity index (χ1) is 11.7. The van der Waals surface area contributed by atoms with Gasteiger partial charge in [0.15, 0.2) is 0 Å². The van der Waals surface area contributed by atoms with Gasteiger partial charge in [-0.15, -0.1) is 0 Å². The van der Waals surface area contributed by atoms with Crippen LogP contribution in [0.4, 0.5) is 0 Å². The number of benzene rings is 1. The number of methoxy groups -OCH3 is 1. The lowest BCUT2D eigenvalue weighted by atomic mass is 9.46. The fourth-order valence-corrected chi connectivity index (χ4v) is 4.62. The number of rotatable bonds is 4. The first kappa shape index (κ1) is 18.2. The Labute approximate surface area is 150 Å². The van der Waals surface area contributed by atoms with E-state index < -0.39 is 5.54 Å². The van der Waals surface area contributed by atoms with Crippen LogP contribution in [-0.4, -0.2) is 31.3 Å². The molecule has 25 heavy (non-hydrogen) atoms. The molecule has 0 bridgehead atoms. The van der Waals surface area contributed by atoms with E-state index in [-0.39, 0.29) is 29.4 Å². The minimum absolute atomic E-state index is 0.0702. The van der Waals surface area contributed by atoms with Crippen LogP contribution in [0.3, 0.4) is 0 Å². The van der Waals surface area contributed by atoms with Gasteiger partial charge in [0.2, 0.25) is 5.91 Å². The topological polar surface area (TPSA) is 73.6 Å². The van der Waals surface area contributed by atoms with Crippen molar-refractivity contribution in [2.75, 3.05) is 13.7 Å². The van der Waals surface area contributed by atoms with Gasteiger partial charge < -0.3 is 20.5 Å². The summed E-state index contributed by atoms with van der Waals surface area (Å²) in [7, 11) is 1.64. The van der Waals surface area contributed by atoms with Gasteiger partial charge in [-0.05, 0) is 32.8 Å². The zero-order valence-corrected chi connectivity index (χ0v) is 15.9. The van der Waals surface area contributed by atoms with Crippen LogP contribution in [-0.2, 0) is 9.53 Å². The normalized spacial score (nSPS) is 31.4. The molecule has 4 atom stereocenters. The summed E-state index contributed by atoms with van der Waals surface area (Å²) in [5.74, 6) is 0.763. The monoisotopic (exact) mass is 346 g/mol. The van der Waals surface area contributed by atoms with Gasteiger partial charge in [0, 0.05) is 23.5 Å². The van der Waals surface area contributed by atoms with E-state index in [0.717, 1.165) is 36.3 Å². The second kappa shape index (κ2) is 6.29. The standard InChI is InChI=1S/C20H30N2O3/c1-12-8-9-16(24-5)14(11-12)13(2)22-18(23)20(21)15-7-6-10-25-17(15)19(20,3)4/h8-9,11,13,15,17H,6-7,10,21H2,1-5H3,(H,22,23). The van der Waals surface area contributed by atoms with Crippen LogP contribution in [0.15, 0.2) is 18.2 Å². The number of amides is 1. The Hall–Kier alpha value is -1.59. The van der Waals surface area contributed by atoms with Crippen molar-refractivity contribution in [3.8, 4) is 5.75 Å². The third kappa shape index (κ3) is 2.64. The van der Waals surface area contributed by atoms with Gasteiger partial charge in [-0.3, -0.25) is 4.79 Å². The molecule has 0 spiro atoms. The number of hydrogen-bond acceptors (Lipinski definition) is 4. The van der Waals surface area contributed by atoms with Crippen LogP contribution < -0.4 is 15.8 Å². The molecular weight excluding hydrogens is 316 g/mol. The average Bonchev–Trinajstić information content (AvgIpc) is 2.60. The van der Waals surface area contributed by atoms with Crippen LogP contribution in [0, 0.1) is 18.3 Å². The Morgan fingerprint density at radius 1 is 1.44 bits per heavy atom. The van der Waals surface area contributed by atoms with Crippen molar-refractivity contribution in [2.24, 2.45) is 17.1 Å². The largest absolute Gasteiger partial charge is 0.496 e. The summed E-state index contributed by atoms with van der Waals surface area (Å²) in [5, 5.41) is 3.13. The Bertz CT molecular complexity index is 673. The van der Waals surface area contributed by atoms with Crippen molar-refractivity contribution in [3.63, 3.8) is 0 Å². The maximum atomic E-state index is 13.2. The van der Waals surface area contributed by atoms with E-state index >= 15 is 0 Å². The zero-order chi connectivity index (χ0) is 18.4. The predicted octanol–water partition coefficient (Wildman–Crippen LogP) is 2.71. The summed E-state index contributed by atoms with van der Waals surface area (Å²) >= 11 is 0. The highest BCUT2D eigenvalue weighted by Gasteiger charge is 2.70. The lowest BCUT2D eigenvalue weighted by Gasteiger charge is -2.65. The molecule has 5 heteroatoms. The highest BCUT2D eigenvalue weighted by molar-refractivity contribution is 5.90. The summed E-state index contributed by atoms with van der Waals surface area (Å²) < 4.78 is 11.4. The molecule has 0 aromatic heterocycles. The first-order valence-electron chi connectivity index (χ1n) is 9.09. The lowest BCUT2D eigenvalue weighted by molar-refractivity contribution is -0.225. The molecule has 1 aliphatic heterocycles. The second-order valence-electron chi connectivity index (χ2n) is 8.07. The fourth-order valence-electron chi connectivity index (χ4n) is 4.62. The van der Waals surface area contributed by atoms with E-state index in [1.54, 1.807) is 7.11 Å². The van der Waals surface area contributed by atoms with Crippen molar-refractivity contribution < 1.29 is 14.3 Å². The molecule has 1 aromatic carbocycles. The van der Waals surface area contributed by atoms with Crippen molar-refractivity contribution in [1.82, 2.24) is 5.32 Å². The van der Waals surface area contributed by atoms with E-state index in [4.69, 9.17) is 15.2 Å². The van der Waals surface area contributed by atoms with Gasteiger partial charge in [-0.2, -0.15) is 0 Å². The van der Waals surface area contributed by atoms with Crippen molar-refractivity contribution in [2.45, 2.75) is 58.2 Å². The summed E-state index contributed by atoms with van der Waals surface area (Å²) in [5.41, 5.74) is 7.50. The van der Waals surface area contributed by atoms with Crippen LogP contribution in [0.2, 0.25) is 0 Å². The molecule has 1 heterocycles. The van der Waals surface area contributed by atoms with E-state index in [1.165, 1.54) is 0 Å². The third-order valence-corrected chi connectivity index (χ3v) is 6.26. The minimum Gasteiger partial charge on any atom is -0.496 e. The van der Waals surface area contributed by atoms with E-state index in [1.807, 2.05) is 45.9 Å². The van der Waals surface area contributed by atoms with Gasteiger partial charge in [-0.25, -0.2) is 0 Å². The molecule has 1 aromatic rings. The Morgan fingerprint density at radius 3 is 2.84 bits per heavy atom. The molecule has 2 fully saturated rings. The van der Waals surface area contributed by atoms with Crippen molar-refractivity contribution in [3.05, 3.63) is 29.3 Å². The number of nitrogens with one attached hydrogen (secondary N) is 1. The molecule has 1 amide bonds. The van der Waals surface area contributed by atoms with Gasteiger partial charge in [0.05, 0.1) is 19.3 Å². The molecule has 138 valence electrons. The third-order valence-electron chi connectivity index (χ3n) is 6.26. The zero-order valence-electron chi connectivity index (χ0n) is 15.9. The number of carbonyl (C=O) groups excluding carboxylic acids is 1. The summed E-state index contributed by atoms with van der Waals surface area (Å²) in [4.78, 5) is 13.2. The molecule has 1 saturated heterocycles. The van der Waals surface area contributed by atoms with Crippen molar-refractivity contribution in [1.29, 1.82) is 0 Å². The molecule has 3 N–H and O–H groups in total. The maximum absolute atomic E-state index is 13.2. The minimum atomic E-state index is -0.899. The van der Waals surface area contributed by atoms with Crippen LogP contribution in [0.25, 0.3) is 0 Å². The van der Waals surface area contributed by atoms with E-state index in [2.05, 4.69) is 5.32 Å². The number of fused-ring (bicyclic) bond motifs is 1. The van der Waals surface area contributed by atoms with Gasteiger partial charge in [0.25, 0.3) is 0 Å². The average molecular weight is 346 g/mol. The highest BCUT2D eigenvalue weighted by Crippen LogP contribution is 2.57. The number of ether oxygens (including phenoxy) is 2. The Balaban J connectivity index is 1.81. The summed E-state index contributed by atoms with van der Waals surface area (Å²) in [6.07, 6.45) is 1.98. The molecule has 1 saturated carbocycles. The molecule has 3 rings (SSSR count). The van der Waals surface area contributed by atoms with Crippen LogP contribution in [0.1, 0.15) is 50.8 Å². The summed E-state index contributed by atoms with van der Waals surface area (Å²) in [6, 6.07) is 5.80. The molecule has 0 radical (unpaired) electrons. The maximum Gasteiger partial charge on any atom is 0.241 e. The quantitative estimate of drug-likeness (QED) is 0.879. The first-order valence-corrected chi connectivity index (χ1v) is 9.09. The Morgan fingerprint density at radius 2 is 2.16 bits per heavy atom. The Kier molecular flexibility index (Phi) is 4.58. The number of nitrogens with two attached hydrogens (primary N) is 1. The molecular formula is C20H30N2O3.